The Kier molecular flexibility index (Phi) is 7.00. The van der Waals surface area contributed by atoms with Crippen LogP contribution in [0.2, 0.25) is 0 Å². The number of methoxy groups -OCH3 is 1. The fraction of sp³-hybridized carbons (Fsp3) is 0.417. The number of azide groups is 1. The quantitative estimate of drug-likeness (QED) is 0.271. The minimum Gasteiger partial charge on any atom is -0.468 e. The molecule has 0 spiro atoms. The Morgan fingerprint density at radius 2 is 2.40 bits per heavy atom. The SMILES string of the molecule is COC(=O)C(NCCCN=[N+]=[N-])c1ccc(F)c(Br)c1. The molecule has 0 amide bonds. The molecule has 6 nitrogen and oxygen atoms in total. The van der Waals surface area contributed by atoms with E-state index in [1.54, 1.807) is 0 Å². The maximum atomic E-state index is 13.2. The lowest BCUT2D eigenvalue weighted by Gasteiger charge is -2.17. The van der Waals surface area contributed by atoms with Crippen LogP contribution in [0.15, 0.2) is 27.8 Å². The molecule has 0 saturated heterocycles. The minimum atomic E-state index is -0.692. The summed E-state index contributed by atoms with van der Waals surface area (Å²) in [7, 11) is 1.29. The molecule has 0 aliphatic carbocycles. The number of nitrogens with one attached hydrogen (secondary N) is 1. The highest BCUT2D eigenvalue weighted by atomic mass is 79.9. The van der Waals surface area contributed by atoms with Crippen molar-refractivity contribution >= 4 is 21.9 Å². The van der Waals surface area contributed by atoms with E-state index in [1.807, 2.05) is 0 Å². The van der Waals surface area contributed by atoms with Crippen LogP contribution in [-0.4, -0.2) is 26.2 Å². The van der Waals surface area contributed by atoms with Gasteiger partial charge in [0.15, 0.2) is 0 Å². The first-order valence-corrected chi connectivity index (χ1v) is 6.66. The summed E-state index contributed by atoms with van der Waals surface area (Å²) in [6.07, 6.45) is 0.583. The number of benzene rings is 1. The molecule has 0 radical (unpaired) electrons. The van der Waals surface area contributed by atoms with Gasteiger partial charge in [-0.1, -0.05) is 11.2 Å². The molecule has 1 aromatic rings. The fourth-order valence-corrected chi connectivity index (χ4v) is 1.98. The molecule has 1 unspecified atom stereocenters. The highest BCUT2D eigenvalue weighted by Crippen LogP contribution is 2.22. The third-order valence-electron chi connectivity index (χ3n) is 2.56. The van der Waals surface area contributed by atoms with E-state index < -0.39 is 17.8 Å². The Morgan fingerprint density at radius 3 is 3.00 bits per heavy atom. The molecule has 1 N–H and O–H groups in total. The van der Waals surface area contributed by atoms with Crippen LogP contribution in [0.3, 0.4) is 0 Å². The van der Waals surface area contributed by atoms with Crippen LogP contribution in [-0.2, 0) is 9.53 Å². The van der Waals surface area contributed by atoms with Gasteiger partial charge in [-0.15, -0.1) is 0 Å². The zero-order chi connectivity index (χ0) is 15.0. The van der Waals surface area contributed by atoms with E-state index in [4.69, 9.17) is 10.3 Å². The van der Waals surface area contributed by atoms with E-state index >= 15 is 0 Å². The summed E-state index contributed by atoms with van der Waals surface area (Å²) in [6, 6.07) is 3.62. The molecular weight excluding hydrogens is 331 g/mol. The molecule has 1 atom stereocenters. The van der Waals surface area contributed by atoms with Crippen molar-refractivity contribution in [1.29, 1.82) is 0 Å². The van der Waals surface area contributed by atoms with Crippen molar-refractivity contribution in [1.82, 2.24) is 5.32 Å². The number of ether oxygens (including phenoxy) is 1. The first-order valence-electron chi connectivity index (χ1n) is 5.87. The van der Waals surface area contributed by atoms with E-state index in [1.165, 1.54) is 25.3 Å². The van der Waals surface area contributed by atoms with Crippen LogP contribution in [0, 0.1) is 5.82 Å². The molecule has 1 aromatic carbocycles. The molecule has 0 aliphatic heterocycles. The van der Waals surface area contributed by atoms with Crippen molar-refractivity contribution in [3.8, 4) is 0 Å². The van der Waals surface area contributed by atoms with Gasteiger partial charge in [0.1, 0.15) is 11.9 Å². The number of rotatable bonds is 7. The molecule has 108 valence electrons. The Hall–Kier alpha value is -1.63. The lowest BCUT2D eigenvalue weighted by Crippen LogP contribution is -2.30. The van der Waals surface area contributed by atoms with Gasteiger partial charge in [0.05, 0.1) is 11.6 Å². The highest BCUT2D eigenvalue weighted by Gasteiger charge is 2.21. The fourth-order valence-electron chi connectivity index (χ4n) is 1.59. The van der Waals surface area contributed by atoms with Crippen molar-refractivity contribution in [2.45, 2.75) is 12.5 Å². The summed E-state index contributed by atoms with van der Waals surface area (Å²) in [5.41, 5.74) is 8.75. The van der Waals surface area contributed by atoms with E-state index in [0.29, 0.717) is 25.1 Å². The molecule has 0 aromatic heterocycles. The summed E-state index contributed by atoms with van der Waals surface area (Å²) >= 11 is 3.08. The highest BCUT2D eigenvalue weighted by molar-refractivity contribution is 9.10. The summed E-state index contributed by atoms with van der Waals surface area (Å²) < 4.78 is 18.2. The Bertz CT molecular complexity index is 520. The zero-order valence-corrected chi connectivity index (χ0v) is 12.4. The predicted molar refractivity (Wildman–Crippen MR) is 75.5 cm³/mol. The summed E-state index contributed by atoms with van der Waals surface area (Å²) in [6.45, 7) is 0.804. The average molecular weight is 345 g/mol. The molecule has 0 bridgehead atoms. The van der Waals surface area contributed by atoms with Gasteiger partial charge in [0, 0.05) is 11.5 Å². The van der Waals surface area contributed by atoms with Crippen LogP contribution in [0.5, 0.6) is 0 Å². The Labute approximate surface area is 124 Å². The van der Waals surface area contributed by atoms with Crippen LogP contribution >= 0.6 is 15.9 Å². The number of hydrogen-bond donors (Lipinski definition) is 1. The number of nitrogens with zero attached hydrogens (tertiary/aromatic N) is 3. The third kappa shape index (κ3) is 4.80. The predicted octanol–water partition coefficient (Wildman–Crippen LogP) is 3.09. The molecule has 8 heteroatoms. The molecule has 0 saturated carbocycles. The standard InChI is InChI=1S/C12H14BrFN4O2/c1-20-12(19)11(16-5-2-6-17-18-15)8-3-4-10(14)9(13)7-8/h3-4,7,11,16H,2,5-6H2,1H3. The normalized spacial score (nSPS) is 11.6. The van der Waals surface area contributed by atoms with Crippen molar-refractivity contribution in [2.75, 3.05) is 20.2 Å². The van der Waals surface area contributed by atoms with Gasteiger partial charge in [-0.2, -0.15) is 0 Å². The van der Waals surface area contributed by atoms with Gasteiger partial charge in [-0.25, -0.2) is 9.18 Å². The summed E-state index contributed by atoms with van der Waals surface area (Å²) in [5, 5.41) is 6.39. The number of esters is 1. The first-order chi connectivity index (χ1) is 9.60. The van der Waals surface area contributed by atoms with E-state index in [-0.39, 0.29) is 4.47 Å². The molecule has 1 rings (SSSR count). The van der Waals surface area contributed by atoms with Gasteiger partial charge in [0.2, 0.25) is 0 Å². The number of carbonyl (C=O) groups is 1. The van der Waals surface area contributed by atoms with Gasteiger partial charge >= 0.3 is 5.97 Å². The van der Waals surface area contributed by atoms with Crippen molar-refractivity contribution < 1.29 is 13.9 Å². The van der Waals surface area contributed by atoms with Crippen molar-refractivity contribution in [3.05, 3.63) is 44.5 Å². The molecule has 0 heterocycles. The van der Waals surface area contributed by atoms with Gasteiger partial charge < -0.3 is 10.1 Å². The molecule has 0 aliphatic rings. The van der Waals surface area contributed by atoms with Crippen molar-refractivity contribution in [2.24, 2.45) is 5.11 Å². The Balaban J connectivity index is 2.75. The van der Waals surface area contributed by atoms with Gasteiger partial charge in [-0.05, 0) is 52.1 Å². The number of halogens is 2. The third-order valence-corrected chi connectivity index (χ3v) is 3.17. The lowest BCUT2D eigenvalue weighted by molar-refractivity contribution is -0.143. The van der Waals surface area contributed by atoms with Crippen LogP contribution < -0.4 is 5.32 Å². The van der Waals surface area contributed by atoms with E-state index in [9.17, 15) is 9.18 Å². The zero-order valence-electron chi connectivity index (χ0n) is 10.8. The van der Waals surface area contributed by atoms with Gasteiger partial charge in [-0.3, -0.25) is 0 Å². The van der Waals surface area contributed by atoms with Crippen LogP contribution in [0.25, 0.3) is 10.4 Å². The van der Waals surface area contributed by atoms with Gasteiger partial charge in [0.25, 0.3) is 0 Å². The van der Waals surface area contributed by atoms with E-state index in [0.717, 1.165) is 0 Å². The summed E-state index contributed by atoms with van der Waals surface area (Å²) in [4.78, 5) is 14.4. The summed E-state index contributed by atoms with van der Waals surface area (Å²) in [5.74, 6) is -0.868. The van der Waals surface area contributed by atoms with Crippen LogP contribution in [0.4, 0.5) is 4.39 Å². The maximum absolute atomic E-state index is 13.2. The second-order valence-electron chi connectivity index (χ2n) is 3.89. The second-order valence-corrected chi connectivity index (χ2v) is 4.75. The number of hydrogen-bond acceptors (Lipinski definition) is 4. The van der Waals surface area contributed by atoms with Crippen LogP contribution in [0.1, 0.15) is 18.0 Å². The molecule has 0 fully saturated rings. The largest absolute Gasteiger partial charge is 0.468 e. The van der Waals surface area contributed by atoms with Crippen molar-refractivity contribution in [3.63, 3.8) is 0 Å². The minimum absolute atomic E-state index is 0.278. The smallest absolute Gasteiger partial charge is 0.327 e. The monoisotopic (exact) mass is 344 g/mol. The maximum Gasteiger partial charge on any atom is 0.327 e. The number of carbonyl (C=O) groups excluding carboxylic acids is 1. The van der Waals surface area contributed by atoms with E-state index in [2.05, 4.69) is 31.3 Å². The lowest BCUT2D eigenvalue weighted by atomic mass is 10.1. The Morgan fingerprint density at radius 1 is 1.65 bits per heavy atom. The second kappa shape index (κ2) is 8.52. The average Bonchev–Trinajstić information content (AvgIpc) is 2.45. The molecule has 20 heavy (non-hydrogen) atoms. The molecular formula is C12H14BrFN4O2. The topological polar surface area (TPSA) is 87.1 Å². The first kappa shape index (κ1) is 16.4.